The van der Waals surface area contributed by atoms with E-state index in [0.29, 0.717) is 0 Å². The minimum Gasteiger partial charge on any atom is -0.384 e. The third kappa shape index (κ3) is 1.47. The fourth-order valence-electron chi connectivity index (χ4n) is 1.35. The number of fused-ring (bicyclic) bond motifs is 1. The first-order chi connectivity index (χ1) is 5.97. The number of hydrogen-bond donors (Lipinski definition) is 1. The van der Waals surface area contributed by atoms with Gasteiger partial charge in [0, 0.05) is 30.2 Å². The van der Waals surface area contributed by atoms with Gasteiger partial charge in [-0.05, 0) is 18.9 Å². The molecule has 2 nitrogen and oxygen atoms in total. The van der Waals surface area contributed by atoms with Crippen LogP contribution in [-0.2, 0) is 0 Å². The molecule has 2 heterocycles. The summed E-state index contributed by atoms with van der Waals surface area (Å²) in [6, 6.07) is 2.02. The van der Waals surface area contributed by atoms with Crippen LogP contribution in [0.3, 0.4) is 0 Å². The van der Waals surface area contributed by atoms with Crippen molar-refractivity contribution in [1.29, 1.82) is 0 Å². The number of hydrogen-bond acceptors (Lipinski definition) is 2. The van der Waals surface area contributed by atoms with E-state index in [1.165, 1.54) is 17.7 Å². The Kier molecular flexibility index (Phi) is 2.08. The van der Waals surface area contributed by atoms with Crippen LogP contribution in [0.25, 0.3) is 6.08 Å². The molecule has 2 heteroatoms. The van der Waals surface area contributed by atoms with E-state index >= 15 is 0 Å². The lowest BCUT2D eigenvalue weighted by Crippen LogP contribution is -2.04. The molecule has 0 aliphatic carbocycles. The molecular formula is C10H12N2. The van der Waals surface area contributed by atoms with Gasteiger partial charge in [0.05, 0.1) is 0 Å². The summed E-state index contributed by atoms with van der Waals surface area (Å²) in [6.45, 7) is 1.06. The van der Waals surface area contributed by atoms with Crippen LogP contribution < -0.4 is 5.32 Å². The summed E-state index contributed by atoms with van der Waals surface area (Å²) in [5, 5.41) is 3.37. The molecule has 12 heavy (non-hydrogen) atoms. The lowest BCUT2D eigenvalue weighted by molar-refractivity contribution is 0.887. The summed E-state index contributed by atoms with van der Waals surface area (Å²) < 4.78 is 0. The molecule has 0 amide bonds. The van der Waals surface area contributed by atoms with Gasteiger partial charge in [-0.3, -0.25) is 4.98 Å². The molecule has 0 spiro atoms. The number of anilines is 1. The van der Waals surface area contributed by atoms with Crippen molar-refractivity contribution in [3.63, 3.8) is 0 Å². The molecule has 0 saturated carbocycles. The first-order valence-corrected chi connectivity index (χ1v) is 4.31. The van der Waals surface area contributed by atoms with Crippen LogP contribution in [0.5, 0.6) is 0 Å². The highest BCUT2D eigenvalue weighted by Crippen LogP contribution is 2.17. The summed E-state index contributed by atoms with van der Waals surface area (Å²) in [5.74, 6) is 0. The smallest absolute Gasteiger partial charge is 0.0444 e. The standard InChI is InChI=1S/C10H12N2/c1-2-4-9-8-11-7-5-10(9)12-6-3-1/h2,4-5,7-8,12H,1,3,6H2. The molecule has 0 fully saturated rings. The molecular weight excluding hydrogens is 148 g/mol. The molecule has 1 aliphatic heterocycles. The topological polar surface area (TPSA) is 24.9 Å². The Balaban J connectivity index is 2.36. The monoisotopic (exact) mass is 160 g/mol. The van der Waals surface area contributed by atoms with E-state index in [1.54, 1.807) is 0 Å². The molecule has 0 aromatic carbocycles. The molecule has 0 saturated heterocycles. The predicted molar refractivity (Wildman–Crippen MR) is 51.0 cm³/mol. The van der Waals surface area contributed by atoms with E-state index in [-0.39, 0.29) is 0 Å². The van der Waals surface area contributed by atoms with Crippen molar-refractivity contribution in [3.05, 3.63) is 30.1 Å². The Labute approximate surface area is 72.3 Å². The quantitative estimate of drug-likeness (QED) is 0.630. The minimum absolute atomic E-state index is 1.06. The predicted octanol–water partition coefficient (Wildman–Crippen LogP) is 2.30. The van der Waals surface area contributed by atoms with E-state index in [0.717, 1.165) is 13.0 Å². The van der Waals surface area contributed by atoms with E-state index in [4.69, 9.17) is 0 Å². The van der Waals surface area contributed by atoms with Gasteiger partial charge in [-0.15, -0.1) is 0 Å². The molecule has 1 N–H and O–H groups in total. The number of pyridine rings is 1. The number of allylic oxidation sites excluding steroid dienone is 1. The van der Waals surface area contributed by atoms with Crippen LogP contribution in [0.2, 0.25) is 0 Å². The zero-order chi connectivity index (χ0) is 8.23. The first kappa shape index (κ1) is 7.35. The highest BCUT2D eigenvalue weighted by molar-refractivity contribution is 5.65. The van der Waals surface area contributed by atoms with Gasteiger partial charge in [0.15, 0.2) is 0 Å². The van der Waals surface area contributed by atoms with E-state index in [9.17, 15) is 0 Å². The summed E-state index contributed by atoms with van der Waals surface area (Å²) in [7, 11) is 0. The van der Waals surface area contributed by atoms with Crippen LogP contribution in [0, 0.1) is 0 Å². The summed E-state index contributed by atoms with van der Waals surface area (Å²) in [4.78, 5) is 4.08. The minimum atomic E-state index is 1.06. The molecule has 2 rings (SSSR count). The fourth-order valence-corrected chi connectivity index (χ4v) is 1.35. The van der Waals surface area contributed by atoms with Crippen LogP contribution in [0.15, 0.2) is 24.5 Å². The molecule has 0 bridgehead atoms. The normalized spacial score (nSPS) is 15.7. The number of rotatable bonds is 0. The van der Waals surface area contributed by atoms with Gasteiger partial charge in [0.2, 0.25) is 0 Å². The Morgan fingerprint density at radius 1 is 1.42 bits per heavy atom. The summed E-state index contributed by atoms with van der Waals surface area (Å²) in [5.41, 5.74) is 2.39. The first-order valence-electron chi connectivity index (χ1n) is 4.31. The molecule has 0 atom stereocenters. The molecule has 0 unspecified atom stereocenters. The van der Waals surface area contributed by atoms with Gasteiger partial charge < -0.3 is 5.32 Å². The zero-order valence-electron chi connectivity index (χ0n) is 6.96. The maximum atomic E-state index is 4.08. The molecule has 0 radical (unpaired) electrons. The van der Waals surface area contributed by atoms with Crippen molar-refractivity contribution in [3.8, 4) is 0 Å². The van der Waals surface area contributed by atoms with Crippen molar-refractivity contribution in [1.82, 2.24) is 4.98 Å². The molecule has 62 valence electrons. The summed E-state index contributed by atoms with van der Waals surface area (Å²) in [6.07, 6.45) is 10.4. The molecule has 1 aliphatic rings. The average molecular weight is 160 g/mol. The van der Waals surface area contributed by atoms with Crippen molar-refractivity contribution >= 4 is 11.8 Å². The summed E-state index contributed by atoms with van der Waals surface area (Å²) >= 11 is 0. The van der Waals surface area contributed by atoms with Gasteiger partial charge in [-0.2, -0.15) is 0 Å². The van der Waals surface area contributed by atoms with Crippen molar-refractivity contribution in [2.45, 2.75) is 12.8 Å². The Morgan fingerprint density at radius 3 is 3.42 bits per heavy atom. The highest BCUT2D eigenvalue weighted by atomic mass is 14.9. The SMILES string of the molecule is C1=Cc2cnccc2NCCC1. The van der Waals surface area contributed by atoms with Crippen LogP contribution >= 0.6 is 0 Å². The van der Waals surface area contributed by atoms with E-state index < -0.39 is 0 Å². The third-order valence-electron chi connectivity index (χ3n) is 2.01. The largest absolute Gasteiger partial charge is 0.384 e. The Hall–Kier alpha value is -1.31. The Morgan fingerprint density at radius 2 is 2.42 bits per heavy atom. The lowest BCUT2D eigenvalue weighted by Gasteiger charge is -2.10. The van der Waals surface area contributed by atoms with Gasteiger partial charge in [-0.1, -0.05) is 12.2 Å². The zero-order valence-corrected chi connectivity index (χ0v) is 6.96. The lowest BCUT2D eigenvalue weighted by atomic mass is 10.1. The van der Waals surface area contributed by atoms with Gasteiger partial charge in [-0.25, -0.2) is 0 Å². The highest BCUT2D eigenvalue weighted by Gasteiger charge is 1.99. The maximum absolute atomic E-state index is 4.08. The number of nitrogens with one attached hydrogen (secondary N) is 1. The van der Waals surface area contributed by atoms with Crippen molar-refractivity contribution in [2.24, 2.45) is 0 Å². The molecule has 1 aromatic heterocycles. The van der Waals surface area contributed by atoms with E-state index in [2.05, 4.69) is 22.5 Å². The van der Waals surface area contributed by atoms with Crippen molar-refractivity contribution < 1.29 is 0 Å². The second-order valence-electron chi connectivity index (χ2n) is 2.93. The second-order valence-corrected chi connectivity index (χ2v) is 2.93. The maximum Gasteiger partial charge on any atom is 0.0444 e. The second kappa shape index (κ2) is 3.39. The van der Waals surface area contributed by atoms with E-state index in [1.807, 2.05) is 18.5 Å². The average Bonchev–Trinajstić information content (AvgIpc) is 2.06. The molecule has 1 aromatic rings. The van der Waals surface area contributed by atoms with Gasteiger partial charge in [0.25, 0.3) is 0 Å². The van der Waals surface area contributed by atoms with Gasteiger partial charge >= 0.3 is 0 Å². The van der Waals surface area contributed by atoms with Gasteiger partial charge in [0.1, 0.15) is 0 Å². The van der Waals surface area contributed by atoms with Crippen LogP contribution in [0.1, 0.15) is 18.4 Å². The van der Waals surface area contributed by atoms with Crippen LogP contribution in [-0.4, -0.2) is 11.5 Å². The fraction of sp³-hybridized carbons (Fsp3) is 0.300. The Bertz CT molecular complexity index is 292. The third-order valence-corrected chi connectivity index (χ3v) is 2.01. The number of aromatic nitrogens is 1. The van der Waals surface area contributed by atoms with Crippen molar-refractivity contribution in [2.75, 3.05) is 11.9 Å². The van der Waals surface area contributed by atoms with Crippen LogP contribution in [0.4, 0.5) is 5.69 Å². The number of nitrogens with zero attached hydrogens (tertiary/aromatic N) is 1.